The summed E-state index contributed by atoms with van der Waals surface area (Å²) in [5, 5.41) is 3.34. The third-order valence-electron chi connectivity index (χ3n) is 4.44. The number of hydrogen-bond donors (Lipinski definition) is 1. The summed E-state index contributed by atoms with van der Waals surface area (Å²) >= 11 is 0. The van der Waals surface area contributed by atoms with Gasteiger partial charge >= 0.3 is 5.69 Å². The van der Waals surface area contributed by atoms with Crippen LogP contribution in [-0.2, 0) is 20.0 Å². The maximum Gasteiger partial charge on any atom is 0.332 e. The van der Waals surface area contributed by atoms with Gasteiger partial charge in [0.15, 0.2) is 11.2 Å². The summed E-state index contributed by atoms with van der Waals surface area (Å²) in [6.45, 7) is 6.08. The molecule has 1 aliphatic rings. The number of rotatable bonds is 4. The van der Waals surface area contributed by atoms with E-state index in [4.69, 9.17) is 0 Å². The summed E-state index contributed by atoms with van der Waals surface area (Å²) in [7, 11) is 1.69. The van der Waals surface area contributed by atoms with Gasteiger partial charge in [-0.15, -0.1) is 0 Å². The zero-order valence-electron chi connectivity index (χ0n) is 13.4. The van der Waals surface area contributed by atoms with Gasteiger partial charge in [-0.2, -0.15) is 0 Å². The van der Waals surface area contributed by atoms with E-state index in [1.165, 1.54) is 9.13 Å². The lowest BCUT2D eigenvalue weighted by molar-refractivity contribution is 0.530. The van der Waals surface area contributed by atoms with E-state index < -0.39 is 0 Å². The second-order valence-corrected chi connectivity index (χ2v) is 5.86. The van der Waals surface area contributed by atoms with Gasteiger partial charge in [-0.3, -0.25) is 13.9 Å². The Morgan fingerprint density at radius 2 is 2.09 bits per heavy atom. The Kier molecular flexibility index (Phi) is 3.90. The molecule has 0 aromatic carbocycles. The smallest absolute Gasteiger partial charge is 0.318 e. The molecule has 22 heavy (non-hydrogen) atoms. The highest BCUT2D eigenvalue weighted by molar-refractivity contribution is 5.71. The third-order valence-corrected chi connectivity index (χ3v) is 4.44. The van der Waals surface area contributed by atoms with Crippen molar-refractivity contribution < 1.29 is 0 Å². The van der Waals surface area contributed by atoms with Gasteiger partial charge in [0.2, 0.25) is 0 Å². The van der Waals surface area contributed by atoms with E-state index in [9.17, 15) is 9.59 Å². The molecule has 0 aliphatic carbocycles. The van der Waals surface area contributed by atoms with Gasteiger partial charge in [-0.1, -0.05) is 6.92 Å². The predicted molar refractivity (Wildman–Crippen MR) is 85.4 cm³/mol. The Hall–Kier alpha value is -1.89. The first-order chi connectivity index (χ1) is 10.6. The highest BCUT2D eigenvalue weighted by atomic mass is 16.2. The minimum atomic E-state index is -0.294. The average molecular weight is 305 g/mol. The monoisotopic (exact) mass is 305 g/mol. The van der Waals surface area contributed by atoms with Crippen LogP contribution >= 0.6 is 0 Å². The molecule has 1 N–H and O–H groups in total. The Labute approximate surface area is 128 Å². The molecule has 1 fully saturated rings. The van der Waals surface area contributed by atoms with Crippen LogP contribution in [0.25, 0.3) is 11.2 Å². The first-order valence-corrected chi connectivity index (χ1v) is 8.01. The summed E-state index contributed by atoms with van der Waals surface area (Å²) in [5.74, 6) is 0.909. The van der Waals surface area contributed by atoms with Crippen molar-refractivity contribution >= 4 is 11.2 Å². The van der Waals surface area contributed by atoms with Crippen molar-refractivity contribution in [2.75, 3.05) is 13.1 Å². The second kappa shape index (κ2) is 5.72. The van der Waals surface area contributed by atoms with Crippen LogP contribution in [0.15, 0.2) is 9.59 Å². The topological polar surface area (TPSA) is 73.8 Å². The molecule has 0 saturated carbocycles. The first-order valence-electron chi connectivity index (χ1n) is 8.01. The molecule has 2 aromatic heterocycles. The van der Waals surface area contributed by atoms with Gasteiger partial charge in [-0.05, 0) is 26.3 Å². The van der Waals surface area contributed by atoms with Gasteiger partial charge in [0.25, 0.3) is 5.56 Å². The molecular formula is C15H23N5O2. The Morgan fingerprint density at radius 3 is 2.68 bits per heavy atom. The van der Waals surface area contributed by atoms with Crippen LogP contribution in [0.2, 0.25) is 0 Å². The van der Waals surface area contributed by atoms with E-state index in [-0.39, 0.29) is 17.3 Å². The molecule has 0 amide bonds. The van der Waals surface area contributed by atoms with Crippen molar-refractivity contribution in [1.29, 1.82) is 0 Å². The first kappa shape index (κ1) is 15.0. The number of aryl methyl sites for hydroxylation is 2. The quantitative estimate of drug-likeness (QED) is 0.887. The van der Waals surface area contributed by atoms with Crippen LogP contribution in [0.1, 0.15) is 38.6 Å². The molecule has 1 aliphatic heterocycles. The summed E-state index contributed by atoms with van der Waals surface area (Å²) < 4.78 is 4.86. The minimum Gasteiger partial charge on any atom is -0.318 e. The minimum absolute atomic E-state index is 0.220. The van der Waals surface area contributed by atoms with Gasteiger partial charge in [-0.25, -0.2) is 9.78 Å². The average Bonchev–Trinajstić information content (AvgIpc) is 3.13. The molecule has 7 nitrogen and oxygen atoms in total. The third kappa shape index (κ3) is 2.11. The normalized spacial score (nSPS) is 18.4. The number of nitrogens with zero attached hydrogens (tertiary/aromatic N) is 4. The molecule has 3 heterocycles. The molecule has 0 spiro atoms. The number of hydrogen-bond acceptors (Lipinski definition) is 4. The Bertz CT molecular complexity index is 808. The van der Waals surface area contributed by atoms with Crippen LogP contribution in [0.5, 0.6) is 0 Å². The van der Waals surface area contributed by atoms with Gasteiger partial charge < -0.3 is 9.88 Å². The Balaban J connectivity index is 2.39. The standard InChI is InChI=1S/C15H23N5O2/c1-4-6-11-17-13-12(20(11)10-7-8-16-9-10)14(21)19(5-2)15(22)18(13)3/h10,16H,4-9H2,1-3H3. The van der Waals surface area contributed by atoms with E-state index >= 15 is 0 Å². The van der Waals surface area contributed by atoms with Crippen LogP contribution in [0.3, 0.4) is 0 Å². The molecule has 0 radical (unpaired) electrons. The van der Waals surface area contributed by atoms with Crippen LogP contribution < -0.4 is 16.6 Å². The van der Waals surface area contributed by atoms with Gasteiger partial charge in [0.05, 0.1) is 0 Å². The van der Waals surface area contributed by atoms with Crippen molar-refractivity contribution in [3.05, 3.63) is 26.7 Å². The zero-order valence-corrected chi connectivity index (χ0v) is 13.4. The van der Waals surface area contributed by atoms with Crippen LogP contribution in [0.4, 0.5) is 0 Å². The lowest BCUT2D eigenvalue weighted by Crippen LogP contribution is -2.39. The fraction of sp³-hybridized carbons (Fsp3) is 0.667. The van der Waals surface area contributed by atoms with Crippen LogP contribution in [-0.4, -0.2) is 31.8 Å². The zero-order chi connectivity index (χ0) is 15.9. The molecule has 1 unspecified atom stereocenters. The van der Waals surface area contributed by atoms with Crippen molar-refractivity contribution in [1.82, 2.24) is 24.0 Å². The number of fused-ring (bicyclic) bond motifs is 1. The summed E-state index contributed by atoms with van der Waals surface area (Å²) in [4.78, 5) is 29.7. The fourth-order valence-corrected chi connectivity index (χ4v) is 3.32. The van der Waals surface area contributed by atoms with E-state index in [2.05, 4.69) is 21.8 Å². The number of imidazole rings is 1. The van der Waals surface area contributed by atoms with E-state index in [1.54, 1.807) is 7.05 Å². The van der Waals surface area contributed by atoms with Crippen molar-refractivity contribution in [3.63, 3.8) is 0 Å². The van der Waals surface area contributed by atoms with Gasteiger partial charge in [0, 0.05) is 32.6 Å². The summed E-state index contributed by atoms with van der Waals surface area (Å²) in [6.07, 6.45) is 2.75. The Morgan fingerprint density at radius 1 is 1.32 bits per heavy atom. The van der Waals surface area contributed by atoms with Gasteiger partial charge in [0.1, 0.15) is 5.82 Å². The van der Waals surface area contributed by atoms with Crippen molar-refractivity contribution in [3.8, 4) is 0 Å². The molecule has 3 rings (SSSR count). The maximum absolute atomic E-state index is 12.8. The van der Waals surface area contributed by atoms with Crippen LogP contribution in [0, 0.1) is 0 Å². The largest absolute Gasteiger partial charge is 0.332 e. The molecule has 0 bridgehead atoms. The molecule has 1 saturated heterocycles. The highest BCUT2D eigenvalue weighted by Crippen LogP contribution is 2.23. The molecule has 1 atom stereocenters. The van der Waals surface area contributed by atoms with Crippen molar-refractivity contribution in [2.24, 2.45) is 7.05 Å². The lowest BCUT2D eigenvalue weighted by Gasteiger charge is -2.15. The number of nitrogens with one attached hydrogen (secondary N) is 1. The molecular weight excluding hydrogens is 282 g/mol. The SMILES string of the molecule is CCCc1nc2c(c(=O)n(CC)c(=O)n2C)n1C1CCNC1. The second-order valence-electron chi connectivity index (χ2n) is 5.86. The lowest BCUT2D eigenvalue weighted by atomic mass is 10.2. The molecule has 7 heteroatoms. The predicted octanol–water partition coefficient (Wildman–Crippen LogP) is 0.404. The highest BCUT2D eigenvalue weighted by Gasteiger charge is 2.26. The molecule has 2 aromatic rings. The van der Waals surface area contributed by atoms with Crippen molar-refractivity contribution in [2.45, 2.75) is 45.7 Å². The summed E-state index contributed by atoms with van der Waals surface area (Å²) in [6, 6.07) is 0.238. The molecule has 120 valence electrons. The summed E-state index contributed by atoms with van der Waals surface area (Å²) in [5.41, 5.74) is 0.566. The maximum atomic E-state index is 12.8. The van der Waals surface area contributed by atoms with E-state index in [1.807, 2.05) is 6.92 Å². The number of aromatic nitrogens is 4. The fourth-order valence-electron chi connectivity index (χ4n) is 3.32. The van der Waals surface area contributed by atoms with E-state index in [0.717, 1.165) is 38.2 Å². The van der Waals surface area contributed by atoms with E-state index in [0.29, 0.717) is 17.7 Å².